The van der Waals surface area contributed by atoms with E-state index in [0.717, 1.165) is 45.2 Å². The molecule has 4 amide bonds. The van der Waals surface area contributed by atoms with Gasteiger partial charge in [-0.2, -0.15) is 0 Å². The Morgan fingerprint density at radius 2 is 0.976 bits per heavy atom. The van der Waals surface area contributed by atoms with Gasteiger partial charge in [-0.15, -0.1) is 0 Å². The number of rotatable bonds is 5. The molecule has 1 saturated carbocycles. The molecule has 7 nitrogen and oxygen atoms in total. The lowest BCUT2D eigenvalue weighted by molar-refractivity contribution is 0.0308. The number of hydrogen-bond donors (Lipinski definition) is 1. The van der Waals surface area contributed by atoms with E-state index < -0.39 is 12.1 Å². The third kappa shape index (κ3) is 3.07. The van der Waals surface area contributed by atoms with Crippen molar-refractivity contribution >= 4 is 66.7 Å². The van der Waals surface area contributed by atoms with Gasteiger partial charge >= 0.3 is 0 Å². The van der Waals surface area contributed by atoms with Crippen LogP contribution in [0, 0.1) is 5.92 Å². The quantitative estimate of drug-likeness (QED) is 0.169. The van der Waals surface area contributed by atoms with Gasteiger partial charge in [-0.1, -0.05) is 37.1 Å². The lowest BCUT2D eigenvalue weighted by Crippen LogP contribution is -2.51. The van der Waals surface area contributed by atoms with Crippen molar-refractivity contribution in [3.63, 3.8) is 0 Å². The number of hydrogen-bond acceptors (Lipinski definition) is 5. The molecule has 0 spiro atoms. The smallest absolute Gasteiger partial charge is 0.261 e. The van der Waals surface area contributed by atoms with E-state index in [9.17, 15) is 24.3 Å². The van der Waals surface area contributed by atoms with Crippen LogP contribution in [-0.2, 0) is 0 Å². The number of benzene rings is 5. The first kappa shape index (κ1) is 24.4. The molecule has 0 saturated heterocycles. The monoisotopic (exact) mass is 544 g/mol. The maximum absolute atomic E-state index is 13.9. The minimum absolute atomic E-state index is 0.269. The summed E-state index contributed by atoms with van der Waals surface area (Å²) in [7, 11) is 0. The van der Waals surface area contributed by atoms with Crippen molar-refractivity contribution in [3.8, 4) is 0 Å². The third-order valence-electron chi connectivity index (χ3n) is 9.38. The predicted molar refractivity (Wildman–Crippen MR) is 157 cm³/mol. The number of aliphatic hydroxyl groups is 1. The molecule has 1 fully saturated rings. The molecule has 1 N–H and O–H groups in total. The largest absolute Gasteiger partial charge is 0.391 e. The van der Waals surface area contributed by atoms with Crippen molar-refractivity contribution in [3.05, 3.63) is 70.8 Å². The number of carbonyl (C=O) groups excluding carboxylic acids is 4. The average Bonchev–Trinajstić information content (AvgIpc) is 3.77. The van der Waals surface area contributed by atoms with Crippen LogP contribution in [-0.4, -0.2) is 56.7 Å². The van der Waals surface area contributed by atoms with Crippen LogP contribution in [0.2, 0.25) is 0 Å². The first-order chi connectivity index (χ1) is 19.7. The SMILES string of the molecule is CC(C)N1C(=O)c2ccc3c4ccc5c6c(ccc(c7ccc(c2c37)C1=O)c64)C(=O)N([C@@H](CC1CC1)[C@H](C)O)C5=O. The van der Waals surface area contributed by atoms with Crippen LogP contribution in [0.1, 0.15) is 81.5 Å². The molecule has 7 heteroatoms. The van der Waals surface area contributed by atoms with E-state index in [1.807, 2.05) is 38.1 Å². The number of amides is 4. The fourth-order valence-corrected chi connectivity index (χ4v) is 7.29. The lowest BCUT2D eigenvalue weighted by Gasteiger charge is -2.36. The fraction of sp³-hybridized carbons (Fsp3) is 0.294. The van der Waals surface area contributed by atoms with Crippen LogP contribution in [0.15, 0.2) is 48.5 Å². The van der Waals surface area contributed by atoms with E-state index in [1.165, 1.54) is 9.80 Å². The molecule has 2 atom stereocenters. The summed E-state index contributed by atoms with van der Waals surface area (Å²) in [5, 5.41) is 17.0. The highest BCUT2D eigenvalue weighted by Crippen LogP contribution is 2.47. The van der Waals surface area contributed by atoms with E-state index >= 15 is 0 Å². The van der Waals surface area contributed by atoms with Crippen molar-refractivity contribution < 1.29 is 24.3 Å². The van der Waals surface area contributed by atoms with Crippen molar-refractivity contribution in [2.75, 3.05) is 0 Å². The fourth-order valence-electron chi connectivity index (χ4n) is 7.29. The number of aliphatic hydroxyl groups excluding tert-OH is 1. The van der Waals surface area contributed by atoms with Gasteiger partial charge in [0.15, 0.2) is 0 Å². The Morgan fingerprint density at radius 1 is 0.610 bits per heavy atom. The maximum atomic E-state index is 13.9. The Morgan fingerprint density at radius 3 is 1.29 bits per heavy atom. The summed E-state index contributed by atoms with van der Waals surface area (Å²) in [5.41, 5.74) is 1.91. The van der Waals surface area contributed by atoms with Gasteiger partial charge in [-0.05, 0) is 89.7 Å². The Bertz CT molecular complexity index is 1920. The second-order valence-electron chi connectivity index (χ2n) is 12.2. The summed E-state index contributed by atoms with van der Waals surface area (Å²) in [6.07, 6.45) is 1.88. The van der Waals surface area contributed by atoms with Crippen molar-refractivity contribution in [1.29, 1.82) is 0 Å². The lowest BCUT2D eigenvalue weighted by atomic mass is 9.82. The van der Waals surface area contributed by atoms with E-state index in [1.54, 1.807) is 31.2 Å². The highest BCUT2D eigenvalue weighted by atomic mass is 16.3. The highest BCUT2D eigenvalue weighted by Gasteiger charge is 2.42. The van der Waals surface area contributed by atoms with Crippen molar-refractivity contribution in [2.24, 2.45) is 5.92 Å². The van der Waals surface area contributed by atoms with Crippen LogP contribution in [0.4, 0.5) is 0 Å². The Hall–Kier alpha value is -4.36. The zero-order chi connectivity index (χ0) is 28.5. The predicted octanol–water partition coefficient (Wildman–Crippen LogP) is 5.89. The van der Waals surface area contributed by atoms with Crippen LogP contribution in [0.25, 0.3) is 43.1 Å². The molecule has 5 aromatic rings. The molecule has 204 valence electrons. The van der Waals surface area contributed by atoms with Crippen LogP contribution in [0.3, 0.4) is 0 Å². The molecule has 8 rings (SSSR count). The zero-order valence-electron chi connectivity index (χ0n) is 23.0. The van der Waals surface area contributed by atoms with E-state index in [0.29, 0.717) is 45.4 Å². The number of imide groups is 2. The summed E-state index contributed by atoms with van der Waals surface area (Å²) in [4.78, 5) is 57.3. The maximum Gasteiger partial charge on any atom is 0.261 e. The van der Waals surface area contributed by atoms with Gasteiger partial charge in [0.1, 0.15) is 0 Å². The second kappa shape index (κ2) is 8.10. The van der Waals surface area contributed by atoms with Crippen LogP contribution >= 0.6 is 0 Å². The molecular weight excluding hydrogens is 516 g/mol. The molecule has 0 aromatic heterocycles. The van der Waals surface area contributed by atoms with Crippen LogP contribution < -0.4 is 0 Å². The molecule has 3 aliphatic rings. The standard InChI is InChI=1S/C34H28N2O5/c1-15(2)35-31(38)22-10-6-18-20-8-12-24-30-25(34(41)36(33(24)40)26(16(3)37)14-17-4-5-17)13-9-21(28(20)30)19-7-11-23(32(35)39)29(22)27(18)19/h6-13,15-17,26,37H,4-5,14H2,1-3H3/t16-,26-/m0/s1. The molecular formula is C34H28N2O5. The summed E-state index contributed by atoms with van der Waals surface area (Å²) >= 11 is 0. The molecule has 2 heterocycles. The molecule has 2 aliphatic heterocycles. The summed E-state index contributed by atoms with van der Waals surface area (Å²) in [6, 6.07) is 14.0. The van der Waals surface area contributed by atoms with Gasteiger partial charge in [0.2, 0.25) is 0 Å². The summed E-state index contributed by atoms with van der Waals surface area (Å²) < 4.78 is 0. The summed E-state index contributed by atoms with van der Waals surface area (Å²) in [6.45, 7) is 5.31. The zero-order valence-corrected chi connectivity index (χ0v) is 23.0. The normalized spacial score (nSPS) is 18.7. The molecule has 0 bridgehead atoms. The van der Waals surface area contributed by atoms with Crippen molar-refractivity contribution in [2.45, 2.75) is 58.2 Å². The van der Waals surface area contributed by atoms with Crippen molar-refractivity contribution in [1.82, 2.24) is 9.80 Å². The second-order valence-corrected chi connectivity index (χ2v) is 12.2. The van der Waals surface area contributed by atoms with Crippen LogP contribution in [0.5, 0.6) is 0 Å². The topological polar surface area (TPSA) is 95.0 Å². The number of nitrogens with zero attached hydrogens (tertiary/aromatic N) is 2. The van der Waals surface area contributed by atoms with E-state index in [4.69, 9.17) is 0 Å². The molecule has 0 radical (unpaired) electrons. The van der Waals surface area contributed by atoms with Gasteiger partial charge in [-0.3, -0.25) is 29.0 Å². The first-order valence-corrected chi connectivity index (χ1v) is 14.3. The first-order valence-electron chi connectivity index (χ1n) is 14.3. The van der Waals surface area contributed by atoms with Gasteiger partial charge in [0, 0.05) is 39.1 Å². The van der Waals surface area contributed by atoms with Gasteiger partial charge in [-0.25, -0.2) is 0 Å². The number of fused-ring (bicyclic) bond motifs is 2. The Labute approximate surface area is 235 Å². The third-order valence-corrected chi connectivity index (χ3v) is 9.38. The number of carbonyl (C=O) groups is 4. The highest BCUT2D eigenvalue weighted by molar-refractivity contribution is 6.41. The molecule has 0 unspecified atom stereocenters. The minimum atomic E-state index is -0.832. The van der Waals surface area contributed by atoms with Gasteiger partial charge in [0.25, 0.3) is 23.6 Å². The average molecular weight is 545 g/mol. The minimum Gasteiger partial charge on any atom is -0.391 e. The van der Waals surface area contributed by atoms with Gasteiger partial charge < -0.3 is 5.11 Å². The van der Waals surface area contributed by atoms with E-state index in [-0.39, 0.29) is 29.7 Å². The Balaban J connectivity index is 1.41. The van der Waals surface area contributed by atoms with E-state index in [2.05, 4.69) is 0 Å². The molecule has 1 aliphatic carbocycles. The summed E-state index contributed by atoms with van der Waals surface area (Å²) in [5.74, 6) is -0.922. The van der Waals surface area contributed by atoms with Gasteiger partial charge in [0.05, 0.1) is 12.1 Å². The molecule has 41 heavy (non-hydrogen) atoms. The molecule has 5 aromatic carbocycles. The Kier molecular flexibility index (Phi) is 4.83.